The van der Waals surface area contributed by atoms with Crippen LogP contribution in [0, 0.1) is 0 Å². The maximum Gasteiger partial charge on any atom is 0.245 e. The minimum Gasteiger partial charge on any atom is -0.366 e. The van der Waals surface area contributed by atoms with Gasteiger partial charge in [-0.25, -0.2) is 0 Å². The van der Waals surface area contributed by atoms with Crippen molar-refractivity contribution in [3.63, 3.8) is 0 Å². The van der Waals surface area contributed by atoms with Gasteiger partial charge in [0.05, 0.1) is 6.20 Å². The molecule has 4 N–H and O–H groups in total. The second kappa shape index (κ2) is 2.57. The number of hydrogen-bond acceptors (Lipinski definition) is 7. The number of pyridine rings is 1. The maximum atomic E-state index is 9.36. The van der Waals surface area contributed by atoms with Crippen molar-refractivity contribution < 1.29 is 10.4 Å². The smallest absolute Gasteiger partial charge is 0.245 e. The van der Waals surface area contributed by atoms with E-state index in [9.17, 15) is 10.4 Å². The van der Waals surface area contributed by atoms with E-state index in [2.05, 4.69) is 10.1 Å². The van der Waals surface area contributed by atoms with Crippen LogP contribution in [0.25, 0.3) is 0 Å². The highest BCUT2D eigenvalue weighted by atomic mass is 16.5. The summed E-state index contributed by atoms with van der Waals surface area (Å²) in [5.41, 5.74) is 5.87. The van der Waals surface area contributed by atoms with Gasteiger partial charge >= 0.3 is 0 Å². The molecule has 0 radical (unpaired) electrons. The van der Waals surface area contributed by atoms with E-state index in [0.717, 1.165) is 0 Å². The molecule has 1 aromatic rings. The van der Waals surface area contributed by atoms with Gasteiger partial charge in [0.25, 0.3) is 0 Å². The first-order chi connectivity index (χ1) is 6.20. The topological polar surface area (TPSA) is 98.2 Å². The molecule has 2 heterocycles. The molecular formula is C6H7N5O2. The van der Waals surface area contributed by atoms with Crippen LogP contribution in [0.1, 0.15) is 0 Å². The van der Waals surface area contributed by atoms with E-state index in [4.69, 9.17) is 5.73 Å². The van der Waals surface area contributed by atoms with Gasteiger partial charge in [0.2, 0.25) is 5.96 Å². The van der Waals surface area contributed by atoms with Gasteiger partial charge in [0.15, 0.2) is 0 Å². The zero-order valence-electron chi connectivity index (χ0n) is 6.49. The summed E-state index contributed by atoms with van der Waals surface area (Å²) in [6.07, 6.45) is 2.82. The Morgan fingerprint density at radius 2 is 2.08 bits per heavy atom. The Labute approximate surface area is 73.2 Å². The van der Waals surface area contributed by atoms with Crippen LogP contribution < -0.4 is 16.0 Å². The Balaban J connectivity index is 2.55. The van der Waals surface area contributed by atoms with Crippen molar-refractivity contribution >= 4 is 17.3 Å². The number of hydroxylamine groups is 1. The molecule has 0 amide bonds. The summed E-state index contributed by atoms with van der Waals surface area (Å²) in [6, 6.07) is 1.50. The first kappa shape index (κ1) is 7.77. The Morgan fingerprint density at radius 3 is 2.85 bits per heavy atom. The van der Waals surface area contributed by atoms with E-state index in [1.807, 2.05) is 0 Å². The lowest BCUT2D eigenvalue weighted by Gasteiger charge is -2.25. The summed E-state index contributed by atoms with van der Waals surface area (Å²) in [4.78, 5) is 3.76. The van der Waals surface area contributed by atoms with Gasteiger partial charge in [0, 0.05) is 6.20 Å². The second-order valence-corrected chi connectivity index (χ2v) is 2.42. The van der Waals surface area contributed by atoms with Gasteiger partial charge in [-0.05, 0) is 6.07 Å². The van der Waals surface area contributed by atoms with E-state index in [-0.39, 0.29) is 11.6 Å². The number of fused-ring (bicyclic) bond motifs is 1. The number of guanidine groups is 1. The average molecular weight is 181 g/mol. The molecule has 68 valence electrons. The van der Waals surface area contributed by atoms with Crippen molar-refractivity contribution in [2.24, 2.45) is 10.8 Å². The largest absolute Gasteiger partial charge is 0.366 e. The number of hydrogen-bond donors (Lipinski definition) is 3. The van der Waals surface area contributed by atoms with Crippen LogP contribution >= 0.6 is 0 Å². The summed E-state index contributed by atoms with van der Waals surface area (Å²) in [7, 11) is 0. The van der Waals surface area contributed by atoms with Crippen molar-refractivity contribution in [2.45, 2.75) is 0 Å². The predicted molar refractivity (Wildman–Crippen MR) is 44.4 cm³/mol. The van der Waals surface area contributed by atoms with Crippen LogP contribution in [0.2, 0.25) is 0 Å². The number of hydrazone groups is 1. The highest BCUT2D eigenvalue weighted by molar-refractivity contribution is 5.98. The molecule has 0 atom stereocenters. The minimum atomic E-state index is -0.207. The standard InChI is InChI=1S/C6H7N5O2/c7-6-9-11(13)5-3-8-2-1-4(5)10(6)12/h1-3,12-13H,(H2,7,9). The zero-order valence-corrected chi connectivity index (χ0v) is 6.49. The second-order valence-electron chi connectivity index (χ2n) is 2.42. The third-order valence-corrected chi connectivity index (χ3v) is 1.64. The van der Waals surface area contributed by atoms with E-state index >= 15 is 0 Å². The number of aromatic nitrogens is 1. The first-order valence-electron chi connectivity index (χ1n) is 3.46. The Kier molecular flexibility index (Phi) is 1.54. The zero-order chi connectivity index (χ0) is 9.42. The molecule has 7 nitrogen and oxygen atoms in total. The summed E-state index contributed by atoms with van der Waals surface area (Å²) in [5.74, 6) is -0.207. The fourth-order valence-electron chi connectivity index (χ4n) is 1.03. The van der Waals surface area contributed by atoms with Crippen LogP contribution in [0.15, 0.2) is 23.6 Å². The molecule has 0 saturated carbocycles. The molecule has 1 aliphatic heterocycles. The monoisotopic (exact) mass is 181 g/mol. The van der Waals surface area contributed by atoms with Crippen molar-refractivity contribution in [1.82, 2.24) is 4.98 Å². The van der Waals surface area contributed by atoms with Crippen molar-refractivity contribution in [3.05, 3.63) is 18.5 Å². The Bertz CT molecular complexity index is 366. The number of rotatable bonds is 0. The number of anilines is 2. The third-order valence-electron chi connectivity index (χ3n) is 1.64. The third kappa shape index (κ3) is 1.06. The number of nitrogens with two attached hydrogens (primary N) is 1. The molecule has 7 heteroatoms. The summed E-state index contributed by atoms with van der Waals surface area (Å²) in [6.45, 7) is 0. The fourth-order valence-corrected chi connectivity index (χ4v) is 1.03. The van der Waals surface area contributed by atoms with Crippen LogP contribution in [-0.4, -0.2) is 21.4 Å². The molecule has 0 spiro atoms. The molecule has 0 unspecified atom stereocenters. The molecule has 0 saturated heterocycles. The van der Waals surface area contributed by atoms with Gasteiger partial charge in [-0.1, -0.05) is 0 Å². The van der Waals surface area contributed by atoms with Crippen LogP contribution in [0.4, 0.5) is 11.4 Å². The Morgan fingerprint density at radius 1 is 1.31 bits per heavy atom. The maximum absolute atomic E-state index is 9.36. The Hall–Kier alpha value is -1.86. The molecule has 0 aliphatic carbocycles. The van der Waals surface area contributed by atoms with Gasteiger partial charge in [-0.2, -0.15) is 5.06 Å². The molecule has 1 aromatic heterocycles. The lowest BCUT2D eigenvalue weighted by Crippen LogP contribution is -2.40. The molecule has 0 bridgehead atoms. The molecule has 0 fully saturated rings. The van der Waals surface area contributed by atoms with Crippen LogP contribution in [0.3, 0.4) is 0 Å². The predicted octanol–water partition coefficient (Wildman–Crippen LogP) is -0.284. The van der Waals surface area contributed by atoms with E-state index < -0.39 is 0 Å². The van der Waals surface area contributed by atoms with Crippen molar-refractivity contribution in [1.29, 1.82) is 0 Å². The van der Waals surface area contributed by atoms with E-state index in [1.54, 1.807) is 0 Å². The lowest BCUT2D eigenvalue weighted by atomic mass is 10.3. The highest BCUT2D eigenvalue weighted by Gasteiger charge is 2.22. The SMILES string of the molecule is NC1=NN(O)c2cnccc2N1O. The highest BCUT2D eigenvalue weighted by Crippen LogP contribution is 2.29. The molecule has 1 aliphatic rings. The van der Waals surface area contributed by atoms with Gasteiger partial charge < -0.3 is 5.73 Å². The minimum absolute atomic E-state index is 0.207. The summed E-state index contributed by atoms with van der Waals surface area (Å²) >= 11 is 0. The average Bonchev–Trinajstić information content (AvgIpc) is 2.15. The van der Waals surface area contributed by atoms with Crippen LogP contribution in [0.5, 0.6) is 0 Å². The summed E-state index contributed by atoms with van der Waals surface area (Å²) < 4.78 is 0. The quantitative estimate of drug-likeness (QED) is 0.509. The molecular weight excluding hydrogens is 174 g/mol. The molecule has 2 rings (SSSR count). The van der Waals surface area contributed by atoms with E-state index in [1.165, 1.54) is 18.5 Å². The molecule has 0 aromatic carbocycles. The lowest BCUT2D eigenvalue weighted by molar-refractivity contribution is 0.244. The van der Waals surface area contributed by atoms with Gasteiger partial charge in [0.1, 0.15) is 11.4 Å². The van der Waals surface area contributed by atoms with Crippen molar-refractivity contribution in [3.8, 4) is 0 Å². The summed E-state index contributed by atoms with van der Waals surface area (Å²) in [5, 5.41) is 23.3. The molecule has 13 heavy (non-hydrogen) atoms. The van der Waals surface area contributed by atoms with Crippen molar-refractivity contribution in [2.75, 3.05) is 10.2 Å². The fraction of sp³-hybridized carbons (Fsp3) is 0. The first-order valence-corrected chi connectivity index (χ1v) is 3.46. The van der Waals surface area contributed by atoms with Crippen LogP contribution in [-0.2, 0) is 0 Å². The number of nitrogens with zero attached hydrogens (tertiary/aromatic N) is 4. The van der Waals surface area contributed by atoms with Gasteiger partial charge in [-0.3, -0.25) is 15.4 Å². The van der Waals surface area contributed by atoms with E-state index in [0.29, 0.717) is 15.9 Å². The van der Waals surface area contributed by atoms with Gasteiger partial charge in [-0.15, -0.1) is 10.3 Å². The normalized spacial score (nSPS) is 15.4.